The van der Waals surface area contributed by atoms with Crippen LogP contribution in [0.1, 0.15) is 22.8 Å². The highest BCUT2D eigenvalue weighted by molar-refractivity contribution is 8.00. The monoisotopic (exact) mass is 346 g/mol. The summed E-state index contributed by atoms with van der Waals surface area (Å²) in [5.74, 6) is -0.321. The van der Waals surface area contributed by atoms with Gasteiger partial charge in [-0.25, -0.2) is 0 Å². The molecule has 0 spiro atoms. The van der Waals surface area contributed by atoms with Gasteiger partial charge in [0.15, 0.2) is 0 Å². The van der Waals surface area contributed by atoms with E-state index in [0.717, 1.165) is 10.5 Å². The highest BCUT2D eigenvalue weighted by atomic mass is 35.5. The van der Waals surface area contributed by atoms with E-state index < -0.39 is 0 Å². The Morgan fingerprint density at radius 1 is 1.26 bits per heavy atom. The summed E-state index contributed by atoms with van der Waals surface area (Å²) in [6.45, 7) is 3.78. The second kappa shape index (κ2) is 6.26. The molecule has 2 aromatic rings. The zero-order valence-corrected chi connectivity index (χ0v) is 14.2. The van der Waals surface area contributed by atoms with Crippen molar-refractivity contribution in [2.75, 3.05) is 10.6 Å². The van der Waals surface area contributed by atoms with Gasteiger partial charge in [-0.15, -0.1) is 11.8 Å². The minimum atomic E-state index is -0.267. The third-order valence-corrected chi connectivity index (χ3v) is 5.04. The zero-order chi connectivity index (χ0) is 16.6. The predicted molar refractivity (Wildman–Crippen MR) is 94.5 cm³/mol. The summed E-state index contributed by atoms with van der Waals surface area (Å²) in [5, 5.41) is 5.98. The van der Waals surface area contributed by atoms with Crippen LogP contribution in [-0.4, -0.2) is 17.1 Å². The van der Waals surface area contributed by atoms with Gasteiger partial charge in [0.1, 0.15) is 0 Å². The highest BCUT2D eigenvalue weighted by Gasteiger charge is 2.23. The maximum Gasteiger partial charge on any atom is 0.255 e. The minimum absolute atomic E-state index is 0.0540. The number of anilines is 2. The number of hydrogen-bond donors (Lipinski definition) is 2. The molecule has 0 aliphatic carbocycles. The number of nitrogens with one attached hydrogen (secondary N) is 2. The van der Waals surface area contributed by atoms with E-state index in [4.69, 9.17) is 11.6 Å². The van der Waals surface area contributed by atoms with E-state index in [0.29, 0.717) is 22.0 Å². The van der Waals surface area contributed by atoms with Crippen molar-refractivity contribution in [3.05, 3.63) is 52.5 Å². The third kappa shape index (κ3) is 3.35. The van der Waals surface area contributed by atoms with Crippen molar-refractivity contribution in [1.82, 2.24) is 0 Å². The van der Waals surface area contributed by atoms with Crippen LogP contribution >= 0.6 is 23.4 Å². The summed E-state index contributed by atoms with van der Waals surface area (Å²) in [4.78, 5) is 25.1. The van der Waals surface area contributed by atoms with Gasteiger partial charge in [-0.1, -0.05) is 17.7 Å². The molecular formula is C17H15ClN2O2S. The van der Waals surface area contributed by atoms with Gasteiger partial charge in [-0.05, 0) is 49.7 Å². The lowest BCUT2D eigenvalue weighted by atomic mass is 10.1. The van der Waals surface area contributed by atoms with Crippen LogP contribution in [-0.2, 0) is 4.79 Å². The lowest BCUT2D eigenvalue weighted by molar-refractivity contribution is -0.115. The van der Waals surface area contributed by atoms with Gasteiger partial charge < -0.3 is 10.6 Å². The number of halogens is 1. The summed E-state index contributed by atoms with van der Waals surface area (Å²) in [7, 11) is 0. The first-order chi connectivity index (χ1) is 10.9. The molecule has 0 fully saturated rings. The second-order valence-electron chi connectivity index (χ2n) is 5.40. The Morgan fingerprint density at radius 2 is 2.04 bits per heavy atom. The Bertz CT molecular complexity index is 807. The lowest BCUT2D eigenvalue weighted by Gasteiger charge is -2.21. The van der Waals surface area contributed by atoms with Crippen LogP contribution < -0.4 is 10.6 Å². The molecule has 0 aromatic heterocycles. The van der Waals surface area contributed by atoms with Gasteiger partial charge in [-0.2, -0.15) is 0 Å². The summed E-state index contributed by atoms with van der Waals surface area (Å²) in [5.41, 5.74) is 2.72. The van der Waals surface area contributed by atoms with Crippen molar-refractivity contribution in [2.24, 2.45) is 0 Å². The van der Waals surface area contributed by atoms with Crippen molar-refractivity contribution in [3.8, 4) is 0 Å². The average Bonchev–Trinajstić information content (AvgIpc) is 2.50. The molecule has 1 aliphatic heterocycles. The van der Waals surface area contributed by atoms with Crippen LogP contribution in [0, 0.1) is 6.92 Å². The van der Waals surface area contributed by atoms with Gasteiger partial charge in [0.2, 0.25) is 5.91 Å². The summed E-state index contributed by atoms with van der Waals surface area (Å²) in [6, 6.07) is 10.7. The van der Waals surface area contributed by atoms with E-state index in [9.17, 15) is 9.59 Å². The number of carbonyl (C=O) groups excluding carboxylic acids is 2. The van der Waals surface area contributed by atoms with Crippen LogP contribution in [0.4, 0.5) is 11.4 Å². The third-order valence-electron chi connectivity index (χ3n) is 3.55. The number of fused-ring (bicyclic) bond motifs is 1. The molecule has 1 heterocycles. The summed E-state index contributed by atoms with van der Waals surface area (Å²) < 4.78 is 0. The first-order valence-corrected chi connectivity index (χ1v) is 8.39. The van der Waals surface area contributed by atoms with E-state index in [2.05, 4.69) is 10.6 Å². The van der Waals surface area contributed by atoms with Gasteiger partial charge in [-0.3, -0.25) is 9.59 Å². The molecule has 0 radical (unpaired) electrons. The van der Waals surface area contributed by atoms with Crippen molar-refractivity contribution in [1.29, 1.82) is 0 Å². The fraction of sp³-hybridized carbons (Fsp3) is 0.176. The normalized spacial score (nSPS) is 16.5. The van der Waals surface area contributed by atoms with Gasteiger partial charge in [0.25, 0.3) is 5.91 Å². The Morgan fingerprint density at radius 3 is 2.78 bits per heavy atom. The minimum Gasteiger partial charge on any atom is -0.324 e. The Labute approximate surface area is 143 Å². The Hall–Kier alpha value is -1.98. The molecule has 1 unspecified atom stereocenters. The zero-order valence-electron chi connectivity index (χ0n) is 12.6. The molecule has 0 saturated heterocycles. The second-order valence-corrected chi connectivity index (χ2v) is 7.19. The summed E-state index contributed by atoms with van der Waals surface area (Å²) >= 11 is 7.62. The first-order valence-electron chi connectivity index (χ1n) is 7.13. The van der Waals surface area contributed by atoms with Crippen LogP contribution in [0.15, 0.2) is 41.3 Å². The largest absolute Gasteiger partial charge is 0.324 e. The molecule has 1 atom stereocenters. The van der Waals surface area contributed by atoms with Crippen molar-refractivity contribution < 1.29 is 9.59 Å². The number of aryl methyl sites for hydroxylation is 1. The number of carbonyl (C=O) groups is 2. The number of thioether (sulfide) groups is 1. The molecule has 2 N–H and O–H groups in total. The van der Waals surface area contributed by atoms with Crippen molar-refractivity contribution in [2.45, 2.75) is 24.0 Å². The molecule has 2 amide bonds. The fourth-order valence-corrected chi connectivity index (χ4v) is 3.48. The lowest BCUT2D eigenvalue weighted by Crippen LogP contribution is -2.26. The standard InChI is InChI=1S/C17H15ClN2O2S/c1-9-3-5-13(12(18)7-9)19-17(22)11-4-6-15-14(8-11)20-16(21)10(2)23-15/h3-8,10H,1-2H3,(H,19,22)(H,20,21). The molecular weight excluding hydrogens is 332 g/mol. The van der Waals surface area contributed by atoms with Crippen LogP contribution in [0.3, 0.4) is 0 Å². The fourth-order valence-electron chi connectivity index (χ4n) is 2.27. The van der Waals surface area contributed by atoms with Crippen LogP contribution in [0.25, 0.3) is 0 Å². The average molecular weight is 347 g/mol. The molecule has 6 heteroatoms. The molecule has 118 valence electrons. The van der Waals surface area contributed by atoms with E-state index >= 15 is 0 Å². The Balaban J connectivity index is 1.83. The molecule has 2 aromatic carbocycles. The maximum absolute atomic E-state index is 12.4. The van der Waals surface area contributed by atoms with E-state index in [1.807, 2.05) is 26.0 Å². The molecule has 4 nitrogen and oxygen atoms in total. The molecule has 0 saturated carbocycles. The van der Waals surface area contributed by atoms with Crippen LogP contribution in [0.2, 0.25) is 5.02 Å². The number of benzene rings is 2. The quantitative estimate of drug-likeness (QED) is 0.850. The predicted octanol–water partition coefficient (Wildman–Crippen LogP) is 4.33. The van der Waals surface area contributed by atoms with Crippen LogP contribution in [0.5, 0.6) is 0 Å². The smallest absolute Gasteiger partial charge is 0.255 e. The topological polar surface area (TPSA) is 58.2 Å². The molecule has 0 bridgehead atoms. The molecule has 23 heavy (non-hydrogen) atoms. The highest BCUT2D eigenvalue weighted by Crippen LogP contribution is 2.36. The number of amides is 2. The first kappa shape index (κ1) is 15.9. The van der Waals surface area contributed by atoms with E-state index in [1.165, 1.54) is 11.8 Å². The van der Waals surface area contributed by atoms with E-state index in [1.54, 1.807) is 24.3 Å². The maximum atomic E-state index is 12.4. The number of hydrogen-bond acceptors (Lipinski definition) is 3. The molecule has 1 aliphatic rings. The Kier molecular flexibility index (Phi) is 4.33. The van der Waals surface area contributed by atoms with E-state index in [-0.39, 0.29) is 17.1 Å². The summed E-state index contributed by atoms with van der Waals surface area (Å²) in [6.07, 6.45) is 0. The van der Waals surface area contributed by atoms with Crippen molar-refractivity contribution in [3.63, 3.8) is 0 Å². The SMILES string of the molecule is Cc1ccc(NC(=O)c2ccc3c(c2)NC(=O)C(C)S3)c(Cl)c1. The van der Waals surface area contributed by atoms with Crippen molar-refractivity contribution >= 4 is 46.6 Å². The van der Waals surface area contributed by atoms with Gasteiger partial charge in [0, 0.05) is 10.5 Å². The van der Waals surface area contributed by atoms with Gasteiger partial charge in [0.05, 0.1) is 21.6 Å². The number of rotatable bonds is 2. The molecule has 3 rings (SSSR count). The van der Waals surface area contributed by atoms with Gasteiger partial charge >= 0.3 is 0 Å².